The minimum atomic E-state index is -0.341. The molecule has 22 heavy (non-hydrogen) atoms. The molecule has 0 saturated heterocycles. The van der Waals surface area contributed by atoms with Gasteiger partial charge in [-0.05, 0) is 24.3 Å². The molecule has 0 unspecified atom stereocenters. The van der Waals surface area contributed by atoms with E-state index in [1.807, 2.05) is 29.2 Å². The molecule has 0 aliphatic carbocycles. The van der Waals surface area contributed by atoms with E-state index in [1.165, 1.54) is 12.1 Å². The van der Waals surface area contributed by atoms with Crippen LogP contribution in [0, 0.1) is 5.82 Å². The first kappa shape index (κ1) is 12.8. The second-order valence-corrected chi connectivity index (χ2v) is 4.96. The molecule has 0 spiro atoms. The Morgan fingerprint density at radius 3 is 2.64 bits per heavy atom. The van der Waals surface area contributed by atoms with E-state index < -0.39 is 0 Å². The lowest BCUT2D eigenvalue weighted by atomic mass is 10.2. The SMILES string of the molecule is Fc1ccc2c(c1)Oc1ccccc1CN2c1ncccn1. The topological polar surface area (TPSA) is 38.2 Å². The molecule has 2 aromatic carbocycles. The summed E-state index contributed by atoms with van der Waals surface area (Å²) in [5, 5.41) is 0. The average molecular weight is 293 g/mol. The normalized spacial score (nSPS) is 12.9. The molecule has 5 heteroatoms. The minimum Gasteiger partial charge on any atom is -0.455 e. The van der Waals surface area contributed by atoms with E-state index in [-0.39, 0.29) is 5.82 Å². The van der Waals surface area contributed by atoms with E-state index in [9.17, 15) is 4.39 Å². The van der Waals surface area contributed by atoms with Crippen molar-refractivity contribution in [1.82, 2.24) is 9.97 Å². The standard InChI is InChI=1S/C17H12FN3O/c18-13-6-7-14-16(10-13)22-15-5-2-1-4-12(15)11-21(14)17-19-8-3-9-20-17/h1-10H,11H2. The summed E-state index contributed by atoms with van der Waals surface area (Å²) in [6.45, 7) is 0.554. The number of ether oxygens (including phenoxy) is 1. The molecule has 0 N–H and O–H groups in total. The maximum Gasteiger partial charge on any atom is 0.230 e. The van der Waals surface area contributed by atoms with Gasteiger partial charge in [0.25, 0.3) is 0 Å². The van der Waals surface area contributed by atoms with Crippen molar-refractivity contribution in [2.45, 2.75) is 6.54 Å². The van der Waals surface area contributed by atoms with Crippen LogP contribution >= 0.6 is 0 Å². The van der Waals surface area contributed by atoms with Crippen molar-refractivity contribution in [3.05, 3.63) is 72.3 Å². The van der Waals surface area contributed by atoms with Gasteiger partial charge in [-0.25, -0.2) is 14.4 Å². The molecule has 108 valence electrons. The molecule has 4 nitrogen and oxygen atoms in total. The Labute approximate surface area is 126 Å². The molecule has 4 rings (SSSR count). The average Bonchev–Trinajstić information content (AvgIpc) is 2.71. The van der Waals surface area contributed by atoms with Crippen LogP contribution in [-0.4, -0.2) is 9.97 Å². The van der Waals surface area contributed by atoms with Gasteiger partial charge >= 0.3 is 0 Å². The fraction of sp³-hybridized carbons (Fsp3) is 0.0588. The molecule has 0 fully saturated rings. The Morgan fingerprint density at radius 2 is 1.77 bits per heavy atom. The predicted octanol–water partition coefficient (Wildman–Crippen LogP) is 4.06. The number of para-hydroxylation sites is 1. The Balaban J connectivity index is 1.91. The van der Waals surface area contributed by atoms with Crippen LogP contribution in [0.2, 0.25) is 0 Å². The van der Waals surface area contributed by atoms with Crippen LogP contribution in [-0.2, 0) is 6.54 Å². The number of halogens is 1. The van der Waals surface area contributed by atoms with Gasteiger partial charge in [0.05, 0.1) is 12.2 Å². The van der Waals surface area contributed by atoms with E-state index in [4.69, 9.17) is 4.74 Å². The summed E-state index contributed by atoms with van der Waals surface area (Å²) < 4.78 is 19.5. The second kappa shape index (κ2) is 5.11. The van der Waals surface area contributed by atoms with Crippen molar-refractivity contribution in [1.29, 1.82) is 0 Å². The summed E-state index contributed by atoms with van der Waals surface area (Å²) in [4.78, 5) is 10.5. The predicted molar refractivity (Wildman–Crippen MR) is 80.8 cm³/mol. The van der Waals surface area contributed by atoms with Gasteiger partial charge in [0.2, 0.25) is 5.95 Å². The molecule has 0 atom stereocenters. The van der Waals surface area contributed by atoms with E-state index in [0.29, 0.717) is 24.0 Å². The summed E-state index contributed by atoms with van der Waals surface area (Å²) in [5.74, 6) is 1.38. The van der Waals surface area contributed by atoms with E-state index in [2.05, 4.69) is 9.97 Å². The lowest BCUT2D eigenvalue weighted by molar-refractivity contribution is 0.478. The monoisotopic (exact) mass is 293 g/mol. The van der Waals surface area contributed by atoms with Gasteiger partial charge in [0, 0.05) is 24.0 Å². The van der Waals surface area contributed by atoms with Gasteiger partial charge in [-0.2, -0.15) is 0 Å². The molecule has 0 bridgehead atoms. The van der Waals surface area contributed by atoms with Crippen LogP contribution in [0.3, 0.4) is 0 Å². The molecule has 1 aromatic heterocycles. The highest BCUT2D eigenvalue weighted by Crippen LogP contribution is 2.41. The van der Waals surface area contributed by atoms with Gasteiger partial charge < -0.3 is 9.64 Å². The van der Waals surface area contributed by atoms with Crippen LogP contribution in [0.1, 0.15) is 5.56 Å². The number of anilines is 2. The number of aromatic nitrogens is 2. The van der Waals surface area contributed by atoms with Crippen LogP contribution < -0.4 is 9.64 Å². The van der Waals surface area contributed by atoms with Crippen molar-refractivity contribution in [2.24, 2.45) is 0 Å². The number of hydrogen-bond acceptors (Lipinski definition) is 4. The van der Waals surface area contributed by atoms with Crippen molar-refractivity contribution in [2.75, 3.05) is 4.90 Å². The highest BCUT2D eigenvalue weighted by molar-refractivity contribution is 5.68. The number of hydrogen-bond donors (Lipinski definition) is 0. The highest BCUT2D eigenvalue weighted by Gasteiger charge is 2.23. The van der Waals surface area contributed by atoms with Crippen molar-refractivity contribution in [3.8, 4) is 11.5 Å². The number of fused-ring (bicyclic) bond motifs is 2. The maximum atomic E-state index is 13.6. The van der Waals surface area contributed by atoms with Gasteiger partial charge in [-0.1, -0.05) is 18.2 Å². The molecule has 1 aliphatic heterocycles. The van der Waals surface area contributed by atoms with Crippen molar-refractivity contribution < 1.29 is 9.13 Å². The third-order valence-corrected chi connectivity index (χ3v) is 3.53. The quantitative estimate of drug-likeness (QED) is 0.678. The van der Waals surface area contributed by atoms with E-state index >= 15 is 0 Å². The van der Waals surface area contributed by atoms with E-state index in [0.717, 1.165) is 11.3 Å². The van der Waals surface area contributed by atoms with Crippen LogP contribution in [0.5, 0.6) is 11.5 Å². The zero-order valence-electron chi connectivity index (χ0n) is 11.6. The summed E-state index contributed by atoms with van der Waals surface area (Å²) >= 11 is 0. The lowest BCUT2D eigenvalue weighted by Crippen LogP contribution is -2.18. The fourth-order valence-electron chi connectivity index (χ4n) is 2.51. The summed E-state index contributed by atoms with van der Waals surface area (Å²) in [6, 6.07) is 13.9. The third-order valence-electron chi connectivity index (χ3n) is 3.53. The Morgan fingerprint density at radius 1 is 0.955 bits per heavy atom. The largest absolute Gasteiger partial charge is 0.455 e. The fourth-order valence-corrected chi connectivity index (χ4v) is 2.51. The first-order chi connectivity index (χ1) is 10.8. The van der Waals surface area contributed by atoms with Crippen LogP contribution in [0.15, 0.2) is 60.9 Å². The smallest absolute Gasteiger partial charge is 0.230 e. The highest BCUT2D eigenvalue weighted by atomic mass is 19.1. The molecule has 1 aliphatic rings. The molecule has 3 aromatic rings. The molecule has 2 heterocycles. The summed E-state index contributed by atoms with van der Waals surface area (Å²) in [7, 11) is 0. The van der Waals surface area contributed by atoms with Gasteiger partial charge in [0.15, 0.2) is 5.75 Å². The first-order valence-electron chi connectivity index (χ1n) is 6.91. The lowest BCUT2D eigenvalue weighted by Gasteiger charge is -2.21. The van der Waals surface area contributed by atoms with Gasteiger partial charge in [-0.3, -0.25) is 0 Å². The minimum absolute atomic E-state index is 0.341. The molecule has 0 radical (unpaired) electrons. The molecular weight excluding hydrogens is 281 g/mol. The van der Waals surface area contributed by atoms with Crippen LogP contribution in [0.4, 0.5) is 16.0 Å². The zero-order chi connectivity index (χ0) is 14.9. The Kier molecular flexibility index (Phi) is 2.96. The third kappa shape index (κ3) is 2.16. The molecule has 0 amide bonds. The van der Waals surface area contributed by atoms with Gasteiger partial charge in [0.1, 0.15) is 11.6 Å². The second-order valence-electron chi connectivity index (χ2n) is 4.96. The molecule has 0 saturated carbocycles. The number of nitrogens with zero attached hydrogens (tertiary/aromatic N) is 3. The van der Waals surface area contributed by atoms with Gasteiger partial charge in [-0.15, -0.1) is 0 Å². The van der Waals surface area contributed by atoms with Crippen molar-refractivity contribution in [3.63, 3.8) is 0 Å². The summed E-state index contributed by atoms with van der Waals surface area (Å²) in [5.41, 5.74) is 1.73. The maximum absolute atomic E-state index is 13.6. The first-order valence-corrected chi connectivity index (χ1v) is 6.91. The number of benzene rings is 2. The van der Waals surface area contributed by atoms with E-state index in [1.54, 1.807) is 24.5 Å². The number of rotatable bonds is 1. The molecular formula is C17H12FN3O. The zero-order valence-corrected chi connectivity index (χ0v) is 11.6. The Bertz CT molecular complexity index is 823. The van der Waals surface area contributed by atoms with Crippen molar-refractivity contribution >= 4 is 11.6 Å². The summed E-state index contributed by atoms with van der Waals surface area (Å²) in [6.07, 6.45) is 3.37. The van der Waals surface area contributed by atoms with Crippen LogP contribution in [0.25, 0.3) is 0 Å². The Hall–Kier alpha value is -2.95.